The lowest BCUT2D eigenvalue weighted by molar-refractivity contribution is -0.139. The van der Waals surface area contributed by atoms with Gasteiger partial charge in [0.25, 0.3) is 11.7 Å². The van der Waals surface area contributed by atoms with Gasteiger partial charge in [-0.3, -0.25) is 9.59 Å². The van der Waals surface area contributed by atoms with Crippen LogP contribution in [-0.2, 0) is 9.59 Å². The lowest BCUT2D eigenvalue weighted by Crippen LogP contribution is -2.30. The van der Waals surface area contributed by atoms with Crippen LogP contribution in [0.15, 0.2) is 35.9 Å². The van der Waals surface area contributed by atoms with E-state index in [0.717, 1.165) is 0 Å². The summed E-state index contributed by atoms with van der Waals surface area (Å²) < 4.78 is 21.7. The third kappa shape index (κ3) is 4.50. The van der Waals surface area contributed by atoms with Crippen LogP contribution in [0.1, 0.15) is 37.4 Å². The molecule has 1 heterocycles. The highest BCUT2D eigenvalue weighted by molar-refractivity contribution is 6.46. The number of carbonyl (C=O) groups is 2. The fourth-order valence-electron chi connectivity index (χ4n) is 4.02. The summed E-state index contributed by atoms with van der Waals surface area (Å²) in [6.07, 6.45) is 0.620. The van der Waals surface area contributed by atoms with E-state index >= 15 is 0 Å². The summed E-state index contributed by atoms with van der Waals surface area (Å²) in [5.74, 6) is -0.317. The van der Waals surface area contributed by atoms with Crippen LogP contribution in [0.5, 0.6) is 23.0 Å². The topological polar surface area (TPSA) is 94.5 Å². The fraction of sp³-hybridized carbons (Fsp3) is 0.360. The van der Waals surface area contributed by atoms with Crippen molar-refractivity contribution in [2.45, 2.75) is 26.3 Å². The van der Waals surface area contributed by atoms with Gasteiger partial charge in [-0.15, -0.1) is 0 Å². The average molecular weight is 490 g/mol. The van der Waals surface area contributed by atoms with Gasteiger partial charge in [0.2, 0.25) is 0 Å². The molecule has 0 bridgehead atoms. The highest BCUT2D eigenvalue weighted by Crippen LogP contribution is 2.44. The van der Waals surface area contributed by atoms with Gasteiger partial charge in [-0.05, 0) is 37.1 Å². The minimum absolute atomic E-state index is 0.0656. The zero-order chi connectivity index (χ0) is 25.0. The number of rotatable bonds is 9. The van der Waals surface area contributed by atoms with Crippen LogP contribution in [0, 0.1) is 0 Å². The van der Waals surface area contributed by atoms with E-state index in [1.807, 2.05) is 13.8 Å². The normalized spacial score (nSPS) is 17.1. The molecule has 3 rings (SSSR count). The SMILES string of the molecule is CCCN1C(=O)C(=O)/C(=C(/O)c2cc(Cl)c(OC)cc2OC)C1c1ccc(OCC)c(OC)c1. The Balaban J connectivity index is 2.26. The lowest BCUT2D eigenvalue weighted by Gasteiger charge is -2.25. The van der Waals surface area contributed by atoms with Gasteiger partial charge in [0.15, 0.2) is 11.5 Å². The first-order chi connectivity index (χ1) is 16.3. The zero-order valence-electron chi connectivity index (χ0n) is 19.8. The highest BCUT2D eigenvalue weighted by atomic mass is 35.5. The van der Waals surface area contributed by atoms with E-state index in [2.05, 4.69) is 0 Å². The molecule has 8 nitrogen and oxygen atoms in total. The predicted molar refractivity (Wildman–Crippen MR) is 128 cm³/mol. The molecule has 2 aromatic rings. The number of likely N-dealkylation sites (tertiary alicyclic amines) is 1. The Labute approximate surface area is 203 Å². The summed E-state index contributed by atoms with van der Waals surface area (Å²) in [5, 5.41) is 11.6. The van der Waals surface area contributed by atoms with Crippen molar-refractivity contribution in [2.24, 2.45) is 0 Å². The Hall–Kier alpha value is -3.39. The number of ether oxygens (including phenoxy) is 4. The Morgan fingerprint density at radius 2 is 1.65 bits per heavy atom. The van der Waals surface area contributed by atoms with Crippen molar-refractivity contribution < 1.29 is 33.6 Å². The Bertz CT molecular complexity index is 1130. The van der Waals surface area contributed by atoms with Gasteiger partial charge in [0.1, 0.15) is 17.3 Å². The predicted octanol–water partition coefficient (Wildman–Crippen LogP) is 4.60. The molecule has 1 unspecified atom stereocenters. The first kappa shape index (κ1) is 25.2. The number of amides is 1. The molecular weight excluding hydrogens is 462 g/mol. The third-order valence-electron chi connectivity index (χ3n) is 5.54. The van der Waals surface area contributed by atoms with Crippen molar-refractivity contribution in [3.8, 4) is 23.0 Å². The number of ketones is 1. The molecule has 182 valence electrons. The Morgan fingerprint density at radius 1 is 0.971 bits per heavy atom. The molecule has 1 atom stereocenters. The number of hydrogen-bond acceptors (Lipinski definition) is 7. The molecule has 0 radical (unpaired) electrons. The summed E-state index contributed by atoms with van der Waals surface area (Å²) >= 11 is 6.29. The van der Waals surface area contributed by atoms with E-state index in [4.69, 9.17) is 30.5 Å². The quantitative estimate of drug-likeness (QED) is 0.312. The molecule has 1 fully saturated rings. The fourth-order valence-corrected chi connectivity index (χ4v) is 4.26. The van der Waals surface area contributed by atoms with E-state index in [1.165, 1.54) is 38.4 Å². The number of aliphatic hydroxyl groups excluding tert-OH is 1. The number of aliphatic hydroxyl groups is 1. The van der Waals surface area contributed by atoms with E-state index in [0.29, 0.717) is 42.4 Å². The Morgan fingerprint density at radius 3 is 2.24 bits per heavy atom. The van der Waals surface area contributed by atoms with Crippen LogP contribution in [0.3, 0.4) is 0 Å². The maximum Gasteiger partial charge on any atom is 0.295 e. The molecule has 0 aliphatic carbocycles. The minimum atomic E-state index is -0.838. The number of carbonyl (C=O) groups excluding carboxylic acids is 2. The number of hydrogen-bond donors (Lipinski definition) is 1. The number of benzene rings is 2. The first-order valence-corrected chi connectivity index (χ1v) is 11.2. The monoisotopic (exact) mass is 489 g/mol. The Kier molecular flexibility index (Phi) is 7.94. The first-order valence-electron chi connectivity index (χ1n) is 10.8. The smallest absolute Gasteiger partial charge is 0.295 e. The van der Waals surface area contributed by atoms with Gasteiger partial charge >= 0.3 is 0 Å². The van der Waals surface area contributed by atoms with Gasteiger partial charge in [0, 0.05) is 12.6 Å². The van der Waals surface area contributed by atoms with Crippen molar-refractivity contribution in [3.05, 3.63) is 52.1 Å². The van der Waals surface area contributed by atoms with E-state index in [9.17, 15) is 14.7 Å². The summed E-state index contributed by atoms with van der Waals surface area (Å²) in [6.45, 7) is 4.53. The second-order valence-electron chi connectivity index (χ2n) is 7.52. The maximum absolute atomic E-state index is 13.2. The third-order valence-corrected chi connectivity index (χ3v) is 5.83. The largest absolute Gasteiger partial charge is 0.507 e. The van der Waals surface area contributed by atoms with Crippen molar-refractivity contribution in [1.29, 1.82) is 0 Å². The zero-order valence-corrected chi connectivity index (χ0v) is 20.6. The van der Waals surface area contributed by atoms with Crippen LogP contribution < -0.4 is 18.9 Å². The lowest BCUT2D eigenvalue weighted by atomic mass is 9.94. The van der Waals surface area contributed by atoms with E-state index in [1.54, 1.807) is 18.2 Å². The number of nitrogens with zero attached hydrogens (tertiary/aromatic N) is 1. The van der Waals surface area contributed by atoms with Crippen molar-refractivity contribution in [2.75, 3.05) is 34.5 Å². The molecule has 0 saturated carbocycles. The van der Waals surface area contributed by atoms with Crippen molar-refractivity contribution >= 4 is 29.1 Å². The minimum Gasteiger partial charge on any atom is -0.507 e. The second kappa shape index (κ2) is 10.7. The van der Waals surface area contributed by atoms with Crippen LogP contribution >= 0.6 is 11.6 Å². The van der Waals surface area contributed by atoms with Gasteiger partial charge in [-0.25, -0.2) is 0 Å². The molecule has 0 aromatic heterocycles. The highest BCUT2D eigenvalue weighted by Gasteiger charge is 2.46. The molecule has 1 aliphatic heterocycles. The van der Waals surface area contributed by atoms with Gasteiger partial charge < -0.3 is 29.0 Å². The van der Waals surface area contributed by atoms with Crippen molar-refractivity contribution in [1.82, 2.24) is 4.90 Å². The van der Waals surface area contributed by atoms with Crippen molar-refractivity contribution in [3.63, 3.8) is 0 Å². The molecule has 1 N–H and O–H groups in total. The molecule has 34 heavy (non-hydrogen) atoms. The summed E-state index contributed by atoms with van der Waals surface area (Å²) in [4.78, 5) is 27.6. The summed E-state index contributed by atoms with van der Waals surface area (Å²) in [5.41, 5.74) is 0.697. The van der Waals surface area contributed by atoms with Gasteiger partial charge in [-0.1, -0.05) is 24.6 Å². The summed E-state index contributed by atoms with van der Waals surface area (Å²) in [7, 11) is 4.38. The number of halogens is 1. The van der Waals surface area contributed by atoms with E-state index in [-0.39, 0.29) is 21.9 Å². The standard InChI is InChI=1S/C25H28ClNO7/c1-6-10-27-22(14-8-9-17(34-7-2)20(11-14)33-5)21(24(29)25(27)30)23(28)15-12-16(26)19(32-4)13-18(15)31-3/h8-9,11-13,22,28H,6-7,10H2,1-5H3/b23-21+. The molecule has 1 aliphatic rings. The van der Waals surface area contributed by atoms with Gasteiger partial charge in [-0.2, -0.15) is 0 Å². The van der Waals surface area contributed by atoms with Gasteiger partial charge in [0.05, 0.1) is 50.1 Å². The molecule has 2 aromatic carbocycles. The average Bonchev–Trinajstić information content (AvgIpc) is 3.09. The van der Waals surface area contributed by atoms with Crippen LogP contribution in [0.25, 0.3) is 5.76 Å². The summed E-state index contributed by atoms with van der Waals surface area (Å²) in [6, 6.07) is 7.28. The molecule has 1 saturated heterocycles. The molecule has 1 amide bonds. The van der Waals surface area contributed by atoms with Crippen LogP contribution in [0.2, 0.25) is 5.02 Å². The second-order valence-corrected chi connectivity index (χ2v) is 7.93. The van der Waals surface area contributed by atoms with E-state index < -0.39 is 23.5 Å². The molecule has 9 heteroatoms. The van der Waals surface area contributed by atoms with Crippen LogP contribution in [0.4, 0.5) is 0 Å². The molecular formula is C25H28ClNO7. The number of Topliss-reactive ketones (excluding diaryl/α,β-unsaturated/α-hetero) is 1. The van der Waals surface area contributed by atoms with Crippen LogP contribution in [-0.4, -0.2) is 56.2 Å². The molecule has 0 spiro atoms. The maximum atomic E-state index is 13.2. The number of methoxy groups -OCH3 is 3.